The quantitative estimate of drug-likeness (QED) is 0.418. The number of halogens is 3. The maximum atomic E-state index is 13.9. The average Bonchev–Trinajstić information content (AvgIpc) is 3.50. The molecule has 2 amide bonds. The minimum atomic E-state index is -4.65. The van der Waals surface area contributed by atoms with E-state index in [-0.39, 0.29) is 26.8 Å². The Morgan fingerprint density at radius 1 is 0.889 bits per heavy atom. The lowest BCUT2D eigenvalue weighted by molar-refractivity contribution is -0.137. The largest absolute Gasteiger partial charge is 0.454 e. The molecule has 0 bridgehead atoms. The lowest BCUT2D eigenvalue weighted by Crippen LogP contribution is -2.27. The third kappa shape index (κ3) is 4.36. The average molecular weight is 501 g/mol. The van der Waals surface area contributed by atoms with E-state index in [0.717, 1.165) is 11.6 Å². The Morgan fingerprint density at radius 2 is 1.58 bits per heavy atom. The summed E-state index contributed by atoms with van der Waals surface area (Å²) in [7, 11) is 0. The topological polar surface area (TPSA) is 76.7 Å². The van der Waals surface area contributed by atoms with E-state index in [9.17, 15) is 22.8 Å². The molecule has 0 unspecified atom stereocenters. The molecule has 1 fully saturated rings. The maximum absolute atomic E-state index is 13.9. The van der Waals surface area contributed by atoms with Crippen molar-refractivity contribution in [2.75, 3.05) is 17.4 Å². The highest BCUT2D eigenvalue weighted by Gasteiger charge is 2.51. The number of rotatable bonds is 5. The normalized spacial score (nSPS) is 15.4. The molecule has 36 heavy (non-hydrogen) atoms. The zero-order valence-corrected chi connectivity index (χ0v) is 19.6. The van der Waals surface area contributed by atoms with E-state index in [2.05, 4.69) is 10.6 Å². The highest BCUT2D eigenvalue weighted by molar-refractivity contribution is 6.02. The Bertz CT molecular complexity index is 1390. The SMILES string of the molecule is CC(=O)Nc1ccc(-c2cc(NC(=O)C3(c4ccc5c(c4)OCO5)CC3)ccc2C)c(C(F)(F)F)c1.[HH].[HH]. The zero-order valence-electron chi connectivity index (χ0n) is 19.6. The fraction of sp³-hybridized carbons (Fsp3) is 0.259. The van der Waals surface area contributed by atoms with Crippen molar-refractivity contribution in [1.82, 2.24) is 0 Å². The first-order valence-electron chi connectivity index (χ1n) is 11.4. The number of aryl methyl sites for hydroxylation is 1. The molecule has 1 heterocycles. The van der Waals surface area contributed by atoms with Crippen LogP contribution >= 0.6 is 0 Å². The van der Waals surface area contributed by atoms with E-state index in [1.807, 2.05) is 12.1 Å². The number of carbonyl (C=O) groups excluding carboxylic acids is 2. The number of benzene rings is 3. The van der Waals surface area contributed by atoms with E-state index in [1.165, 1.54) is 19.1 Å². The molecule has 0 atom stereocenters. The summed E-state index contributed by atoms with van der Waals surface area (Å²) < 4.78 is 52.6. The second-order valence-electron chi connectivity index (χ2n) is 9.07. The van der Waals surface area contributed by atoms with Crippen LogP contribution in [0.15, 0.2) is 54.6 Å². The Labute approximate surface area is 208 Å². The van der Waals surface area contributed by atoms with Gasteiger partial charge in [0, 0.05) is 21.2 Å². The molecule has 0 saturated heterocycles. The number of fused-ring (bicyclic) bond motifs is 1. The summed E-state index contributed by atoms with van der Waals surface area (Å²) in [5, 5.41) is 5.28. The van der Waals surface area contributed by atoms with Crippen LogP contribution in [0.2, 0.25) is 0 Å². The van der Waals surface area contributed by atoms with Crippen molar-refractivity contribution in [3.63, 3.8) is 0 Å². The molecule has 9 heteroatoms. The molecular formula is C27H27F3N2O4. The van der Waals surface area contributed by atoms with Crippen LogP contribution in [0, 0.1) is 6.92 Å². The third-order valence-corrected chi connectivity index (χ3v) is 6.54. The van der Waals surface area contributed by atoms with E-state index >= 15 is 0 Å². The molecule has 2 N–H and O–H groups in total. The van der Waals surface area contributed by atoms with Gasteiger partial charge in [-0.15, -0.1) is 0 Å². The molecule has 1 aliphatic carbocycles. The predicted molar refractivity (Wildman–Crippen MR) is 132 cm³/mol. The van der Waals surface area contributed by atoms with E-state index in [1.54, 1.807) is 31.2 Å². The lowest BCUT2D eigenvalue weighted by Gasteiger charge is -2.19. The van der Waals surface area contributed by atoms with Crippen LogP contribution in [0.5, 0.6) is 11.5 Å². The van der Waals surface area contributed by atoms with Gasteiger partial charge in [-0.2, -0.15) is 13.2 Å². The van der Waals surface area contributed by atoms with Crippen molar-refractivity contribution in [3.8, 4) is 22.6 Å². The molecule has 0 spiro atoms. The molecule has 1 saturated carbocycles. The second kappa shape index (κ2) is 8.58. The number of hydrogen-bond donors (Lipinski definition) is 2. The number of amides is 2. The van der Waals surface area contributed by atoms with E-state index < -0.39 is 23.1 Å². The van der Waals surface area contributed by atoms with Gasteiger partial charge < -0.3 is 20.1 Å². The van der Waals surface area contributed by atoms with Crippen LogP contribution in [0.1, 0.15) is 39.3 Å². The van der Waals surface area contributed by atoms with Gasteiger partial charge in [0.25, 0.3) is 0 Å². The van der Waals surface area contributed by atoms with Crippen LogP contribution in [-0.2, 0) is 21.2 Å². The van der Waals surface area contributed by atoms with Gasteiger partial charge in [0.15, 0.2) is 11.5 Å². The fourth-order valence-corrected chi connectivity index (χ4v) is 4.50. The summed E-state index contributed by atoms with van der Waals surface area (Å²) in [4.78, 5) is 24.6. The second-order valence-corrected chi connectivity index (χ2v) is 9.07. The van der Waals surface area contributed by atoms with Crippen LogP contribution in [0.3, 0.4) is 0 Å². The van der Waals surface area contributed by atoms with Gasteiger partial charge in [-0.05, 0) is 78.4 Å². The van der Waals surface area contributed by atoms with Gasteiger partial charge in [0.2, 0.25) is 18.6 Å². The monoisotopic (exact) mass is 500 g/mol. The zero-order chi connectivity index (χ0) is 25.7. The summed E-state index contributed by atoms with van der Waals surface area (Å²) >= 11 is 0. The first-order valence-corrected chi connectivity index (χ1v) is 11.4. The Kier molecular flexibility index (Phi) is 5.65. The third-order valence-electron chi connectivity index (χ3n) is 6.54. The van der Waals surface area contributed by atoms with Crippen molar-refractivity contribution in [1.29, 1.82) is 0 Å². The van der Waals surface area contributed by atoms with Crippen LogP contribution < -0.4 is 20.1 Å². The predicted octanol–water partition coefficient (Wildman–Crippen LogP) is 6.53. The minimum absolute atomic E-state index is 0. The number of carbonyl (C=O) groups is 2. The molecule has 1 aliphatic heterocycles. The van der Waals surface area contributed by atoms with Gasteiger partial charge >= 0.3 is 6.18 Å². The first-order chi connectivity index (χ1) is 17.1. The van der Waals surface area contributed by atoms with Crippen molar-refractivity contribution in [2.24, 2.45) is 0 Å². The van der Waals surface area contributed by atoms with Gasteiger partial charge in [-0.3, -0.25) is 9.59 Å². The van der Waals surface area contributed by atoms with E-state index in [4.69, 9.17) is 9.47 Å². The summed E-state index contributed by atoms with van der Waals surface area (Å²) in [6.45, 7) is 3.07. The first kappa shape index (κ1) is 23.7. The van der Waals surface area contributed by atoms with E-state index in [0.29, 0.717) is 41.2 Å². The van der Waals surface area contributed by atoms with Gasteiger partial charge in [0.05, 0.1) is 11.0 Å². The Balaban J connectivity index is 0.00000200. The summed E-state index contributed by atoms with van der Waals surface area (Å²) in [5.74, 6) is 0.524. The number of hydrogen-bond acceptors (Lipinski definition) is 4. The fourth-order valence-electron chi connectivity index (χ4n) is 4.50. The minimum Gasteiger partial charge on any atom is -0.454 e. The Morgan fingerprint density at radius 3 is 2.28 bits per heavy atom. The highest BCUT2D eigenvalue weighted by atomic mass is 19.4. The van der Waals surface area contributed by atoms with Crippen LogP contribution in [0.25, 0.3) is 11.1 Å². The van der Waals surface area contributed by atoms with Crippen molar-refractivity contribution >= 4 is 23.2 Å². The van der Waals surface area contributed by atoms with Crippen molar-refractivity contribution in [2.45, 2.75) is 38.3 Å². The summed E-state index contributed by atoms with van der Waals surface area (Å²) in [6.07, 6.45) is -3.34. The van der Waals surface area contributed by atoms with Gasteiger partial charge in [0.1, 0.15) is 0 Å². The van der Waals surface area contributed by atoms with Crippen LogP contribution in [0.4, 0.5) is 24.5 Å². The number of ether oxygens (including phenoxy) is 2. The molecule has 3 aromatic rings. The molecule has 5 rings (SSSR count). The molecule has 3 aromatic carbocycles. The number of nitrogens with one attached hydrogen (secondary N) is 2. The molecule has 6 nitrogen and oxygen atoms in total. The molecule has 0 aromatic heterocycles. The molecular weight excluding hydrogens is 473 g/mol. The summed E-state index contributed by atoms with van der Waals surface area (Å²) in [5.41, 5.74) is 0.575. The van der Waals surface area contributed by atoms with Gasteiger partial charge in [-0.25, -0.2) is 0 Å². The molecule has 190 valence electrons. The Hall–Kier alpha value is -4.01. The summed E-state index contributed by atoms with van der Waals surface area (Å²) in [6, 6.07) is 14.0. The standard InChI is InChI=1S/C27H23F3N2O4.2H2/c1-15-3-5-18(12-21(15)20-7-6-19(31-16(2)33)13-22(20)27(28,29)30)32-25(34)26(9-10-26)17-4-8-23-24(11-17)36-14-35-23;;/h3-8,11-13H,9-10,14H2,1-2H3,(H,31,33)(H,32,34);2*1H. The maximum Gasteiger partial charge on any atom is 0.417 e. The molecule has 0 radical (unpaired) electrons. The number of anilines is 2. The lowest BCUT2D eigenvalue weighted by atomic mass is 9.93. The molecule has 2 aliphatic rings. The smallest absolute Gasteiger partial charge is 0.417 e. The van der Waals surface area contributed by atoms with Crippen molar-refractivity contribution in [3.05, 3.63) is 71.3 Å². The van der Waals surface area contributed by atoms with Crippen molar-refractivity contribution < 1.29 is 35.1 Å². The van der Waals surface area contributed by atoms with Crippen LogP contribution in [-0.4, -0.2) is 18.6 Å². The number of alkyl halides is 3. The highest BCUT2D eigenvalue weighted by Crippen LogP contribution is 2.51. The van der Waals surface area contributed by atoms with Gasteiger partial charge in [-0.1, -0.05) is 18.2 Å².